The summed E-state index contributed by atoms with van der Waals surface area (Å²) in [7, 11) is 1.97. The minimum atomic E-state index is -0.0817. The molecular formula is C20H23ClN2O2. The molecule has 0 aliphatic rings. The molecule has 2 aromatic carbocycles. The van der Waals surface area contributed by atoms with Gasteiger partial charge in [0.05, 0.1) is 17.0 Å². The first-order valence-electron chi connectivity index (χ1n) is 8.18. The van der Waals surface area contributed by atoms with Crippen molar-refractivity contribution in [3.05, 3.63) is 58.1 Å². The summed E-state index contributed by atoms with van der Waals surface area (Å²) in [6, 6.07) is 10.9. The standard InChI is InChI=1S/C20H23ClN2O2/c1-5-23(4)13-22-18-11-14(2)16(10-15(18)3)19(24)12-25-20-9-7-6-8-17(20)21/h6-11,13H,5,12H2,1-4H3. The highest BCUT2D eigenvalue weighted by Gasteiger charge is 2.13. The van der Waals surface area contributed by atoms with Gasteiger partial charge in [-0.05, 0) is 56.2 Å². The lowest BCUT2D eigenvalue weighted by Crippen LogP contribution is -2.14. The number of ketones is 1. The van der Waals surface area contributed by atoms with E-state index in [2.05, 4.69) is 11.9 Å². The third kappa shape index (κ3) is 5.07. The molecule has 2 aromatic rings. The maximum absolute atomic E-state index is 12.5. The number of nitrogens with zero attached hydrogens (tertiary/aromatic N) is 2. The number of hydrogen-bond acceptors (Lipinski definition) is 3. The summed E-state index contributed by atoms with van der Waals surface area (Å²) < 4.78 is 5.55. The third-order valence-corrected chi connectivity index (χ3v) is 4.24. The summed E-state index contributed by atoms with van der Waals surface area (Å²) in [4.78, 5) is 19.0. The predicted molar refractivity (Wildman–Crippen MR) is 104 cm³/mol. The number of rotatable bonds is 7. The quantitative estimate of drug-likeness (QED) is 0.404. The fourth-order valence-corrected chi connectivity index (χ4v) is 2.46. The Morgan fingerprint density at radius 3 is 2.64 bits per heavy atom. The molecule has 0 saturated heterocycles. The summed E-state index contributed by atoms with van der Waals surface area (Å²) in [6.07, 6.45) is 1.80. The molecule has 2 rings (SSSR count). The maximum atomic E-state index is 12.5. The van der Waals surface area contributed by atoms with Gasteiger partial charge in [-0.15, -0.1) is 0 Å². The Hall–Kier alpha value is -2.33. The van der Waals surface area contributed by atoms with Crippen LogP contribution >= 0.6 is 11.6 Å². The normalized spacial score (nSPS) is 10.9. The molecule has 0 saturated carbocycles. The first-order chi connectivity index (χ1) is 11.9. The molecule has 5 heteroatoms. The smallest absolute Gasteiger partial charge is 0.200 e. The van der Waals surface area contributed by atoms with E-state index < -0.39 is 0 Å². The Morgan fingerprint density at radius 2 is 1.96 bits per heavy atom. The second-order valence-electron chi connectivity index (χ2n) is 5.91. The highest BCUT2D eigenvalue weighted by molar-refractivity contribution is 6.32. The van der Waals surface area contributed by atoms with Crippen LogP contribution in [0.25, 0.3) is 0 Å². The minimum Gasteiger partial charge on any atom is -0.484 e. The van der Waals surface area contributed by atoms with E-state index in [-0.39, 0.29) is 12.4 Å². The third-order valence-electron chi connectivity index (χ3n) is 3.93. The molecule has 0 unspecified atom stereocenters. The second-order valence-corrected chi connectivity index (χ2v) is 6.32. The monoisotopic (exact) mass is 358 g/mol. The van der Waals surface area contributed by atoms with E-state index in [4.69, 9.17) is 16.3 Å². The molecule has 0 N–H and O–H groups in total. The van der Waals surface area contributed by atoms with Crippen LogP contribution in [0.1, 0.15) is 28.4 Å². The zero-order valence-electron chi connectivity index (χ0n) is 15.0. The van der Waals surface area contributed by atoms with Gasteiger partial charge in [-0.2, -0.15) is 0 Å². The van der Waals surface area contributed by atoms with Gasteiger partial charge in [0.1, 0.15) is 5.75 Å². The molecule has 0 amide bonds. The van der Waals surface area contributed by atoms with Crippen LogP contribution in [-0.2, 0) is 0 Å². The highest BCUT2D eigenvalue weighted by atomic mass is 35.5. The van der Waals surface area contributed by atoms with E-state index in [0.717, 1.165) is 23.4 Å². The van der Waals surface area contributed by atoms with Gasteiger partial charge >= 0.3 is 0 Å². The van der Waals surface area contributed by atoms with Crippen molar-refractivity contribution in [2.45, 2.75) is 20.8 Å². The summed E-state index contributed by atoms with van der Waals surface area (Å²) in [6.45, 7) is 6.75. The number of Topliss-reactive ketones (excluding diaryl/α,β-unsaturated/α-hetero) is 1. The van der Waals surface area contributed by atoms with Gasteiger partial charge in [0.25, 0.3) is 0 Å². The minimum absolute atomic E-state index is 0.0504. The van der Waals surface area contributed by atoms with E-state index >= 15 is 0 Å². The number of carbonyl (C=O) groups is 1. The Kier molecular flexibility index (Phi) is 6.59. The summed E-state index contributed by atoms with van der Waals surface area (Å²) >= 11 is 6.05. The molecule has 0 atom stereocenters. The fraction of sp³-hybridized carbons (Fsp3) is 0.300. The largest absolute Gasteiger partial charge is 0.484 e. The lowest BCUT2D eigenvalue weighted by molar-refractivity contribution is 0.0921. The first-order valence-corrected chi connectivity index (χ1v) is 8.56. The van der Waals surface area contributed by atoms with E-state index in [1.807, 2.05) is 50.1 Å². The average Bonchev–Trinajstić information content (AvgIpc) is 2.60. The van der Waals surface area contributed by atoms with Gasteiger partial charge in [0, 0.05) is 19.2 Å². The van der Waals surface area contributed by atoms with Crippen LogP contribution in [0.15, 0.2) is 41.4 Å². The van der Waals surface area contributed by atoms with E-state index in [9.17, 15) is 4.79 Å². The first kappa shape index (κ1) is 19.0. The van der Waals surface area contributed by atoms with Crippen LogP contribution in [0, 0.1) is 13.8 Å². The topological polar surface area (TPSA) is 41.9 Å². The SMILES string of the molecule is CCN(C)C=Nc1cc(C)c(C(=O)COc2ccccc2Cl)cc1C. The van der Waals surface area contributed by atoms with Gasteiger partial charge in [-0.3, -0.25) is 4.79 Å². The van der Waals surface area contributed by atoms with Crippen LogP contribution in [0.2, 0.25) is 5.02 Å². The number of para-hydroxylation sites is 1. The Labute approximate surface area is 154 Å². The van der Waals surface area contributed by atoms with Crippen molar-refractivity contribution < 1.29 is 9.53 Å². The molecule has 0 bridgehead atoms. The van der Waals surface area contributed by atoms with Crippen molar-refractivity contribution in [1.29, 1.82) is 0 Å². The van der Waals surface area contributed by atoms with Gasteiger partial charge < -0.3 is 9.64 Å². The molecule has 0 fully saturated rings. The highest BCUT2D eigenvalue weighted by Crippen LogP contribution is 2.25. The van der Waals surface area contributed by atoms with E-state index in [1.165, 1.54) is 0 Å². The number of hydrogen-bond donors (Lipinski definition) is 0. The molecule has 25 heavy (non-hydrogen) atoms. The Bertz CT molecular complexity index is 787. The number of halogens is 1. The van der Waals surface area contributed by atoms with Gasteiger partial charge in [-0.25, -0.2) is 4.99 Å². The number of carbonyl (C=O) groups excluding carboxylic acids is 1. The molecule has 0 heterocycles. The fourth-order valence-electron chi connectivity index (χ4n) is 2.27. The Balaban J connectivity index is 2.13. The summed E-state index contributed by atoms with van der Waals surface area (Å²) in [5.74, 6) is 0.428. The van der Waals surface area contributed by atoms with E-state index in [0.29, 0.717) is 16.3 Å². The van der Waals surface area contributed by atoms with Crippen LogP contribution in [0.5, 0.6) is 5.75 Å². The zero-order valence-corrected chi connectivity index (χ0v) is 15.8. The molecule has 0 aliphatic heterocycles. The molecule has 0 radical (unpaired) electrons. The number of aliphatic imine (C=N–C) groups is 1. The van der Waals surface area contributed by atoms with Gasteiger partial charge in [0.2, 0.25) is 0 Å². The molecule has 0 aromatic heterocycles. The Morgan fingerprint density at radius 1 is 1.24 bits per heavy atom. The average molecular weight is 359 g/mol. The van der Waals surface area contributed by atoms with Gasteiger partial charge in [-0.1, -0.05) is 23.7 Å². The van der Waals surface area contributed by atoms with Crippen LogP contribution in [0.3, 0.4) is 0 Å². The molecule has 132 valence electrons. The van der Waals surface area contributed by atoms with Crippen molar-refractivity contribution >= 4 is 29.4 Å². The van der Waals surface area contributed by atoms with E-state index in [1.54, 1.807) is 18.5 Å². The van der Waals surface area contributed by atoms with Crippen molar-refractivity contribution in [3.8, 4) is 5.75 Å². The second kappa shape index (κ2) is 8.67. The van der Waals surface area contributed by atoms with Crippen molar-refractivity contribution in [2.24, 2.45) is 4.99 Å². The van der Waals surface area contributed by atoms with Crippen molar-refractivity contribution in [1.82, 2.24) is 4.90 Å². The number of benzene rings is 2. The summed E-state index contributed by atoms with van der Waals surface area (Å²) in [5, 5.41) is 0.493. The predicted octanol–water partition coefficient (Wildman–Crippen LogP) is 4.83. The molecule has 0 aliphatic carbocycles. The number of aryl methyl sites for hydroxylation is 2. The summed E-state index contributed by atoms with van der Waals surface area (Å²) in [5.41, 5.74) is 3.34. The van der Waals surface area contributed by atoms with Crippen LogP contribution < -0.4 is 4.74 Å². The van der Waals surface area contributed by atoms with Crippen molar-refractivity contribution in [2.75, 3.05) is 20.2 Å². The van der Waals surface area contributed by atoms with Crippen molar-refractivity contribution in [3.63, 3.8) is 0 Å². The number of ether oxygens (including phenoxy) is 1. The van der Waals surface area contributed by atoms with Crippen LogP contribution in [-0.4, -0.2) is 37.2 Å². The zero-order chi connectivity index (χ0) is 18.4. The maximum Gasteiger partial charge on any atom is 0.200 e. The molecule has 0 spiro atoms. The lowest BCUT2D eigenvalue weighted by atomic mass is 10.0. The van der Waals surface area contributed by atoms with Gasteiger partial charge in [0.15, 0.2) is 12.4 Å². The lowest BCUT2D eigenvalue weighted by Gasteiger charge is -2.12. The molecule has 4 nitrogen and oxygen atoms in total. The molecular weight excluding hydrogens is 336 g/mol. The van der Waals surface area contributed by atoms with Crippen LogP contribution in [0.4, 0.5) is 5.69 Å².